The van der Waals surface area contributed by atoms with Crippen molar-refractivity contribution in [2.75, 3.05) is 11.1 Å². The molecule has 1 aromatic heterocycles. The molecule has 98 valence electrons. The highest BCUT2D eigenvalue weighted by Crippen LogP contribution is 2.31. The Labute approximate surface area is 112 Å². The first kappa shape index (κ1) is 13.0. The lowest BCUT2D eigenvalue weighted by Crippen LogP contribution is -2.04. The van der Waals surface area contributed by atoms with Gasteiger partial charge in [-0.05, 0) is 12.1 Å². The standard InChI is InChI=1S/C12H11N3O3S/c1-6(16)14-12-15-9(10(19-12)11(17)18)7-3-2-4-8(13)5-7/h2-5H,13H2,1H3,(H,17,18)(H,14,15,16). The van der Waals surface area contributed by atoms with E-state index in [4.69, 9.17) is 5.73 Å². The van der Waals surface area contributed by atoms with Gasteiger partial charge in [-0.25, -0.2) is 9.78 Å². The van der Waals surface area contributed by atoms with E-state index >= 15 is 0 Å². The van der Waals surface area contributed by atoms with Crippen LogP contribution in [0.15, 0.2) is 24.3 Å². The Morgan fingerprint density at radius 1 is 1.42 bits per heavy atom. The number of nitrogens with one attached hydrogen (secondary N) is 1. The number of aromatic nitrogens is 1. The SMILES string of the molecule is CC(=O)Nc1nc(-c2cccc(N)c2)c(C(=O)O)s1. The van der Waals surface area contributed by atoms with Crippen LogP contribution in [0.5, 0.6) is 0 Å². The molecule has 0 unspecified atom stereocenters. The third-order valence-electron chi connectivity index (χ3n) is 2.26. The van der Waals surface area contributed by atoms with Gasteiger partial charge in [0.05, 0.1) is 5.69 Å². The number of anilines is 2. The molecule has 0 saturated heterocycles. The van der Waals surface area contributed by atoms with Gasteiger partial charge in [0.2, 0.25) is 5.91 Å². The van der Waals surface area contributed by atoms with Crippen LogP contribution in [-0.2, 0) is 4.79 Å². The van der Waals surface area contributed by atoms with E-state index in [1.807, 2.05) is 0 Å². The number of benzene rings is 1. The number of aromatic carboxylic acids is 1. The molecule has 1 amide bonds. The second-order valence-corrected chi connectivity index (χ2v) is 4.81. The molecular weight excluding hydrogens is 266 g/mol. The highest BCUT2D eigenvalue weighted by molar-refractivity contribution is 7.18. The third kappa shape index (κ3) is 2.89. The van der Waals surface area contributed by atoms with Crippen LogP contribution in [0.2, 0.25) is 0 Å². The summed E-state index contributed by atoms with van der Waals surface area (Å²) in [7, 11) is 0. The Balaban J connectivity index is 2.51. The van der Waals surface area contributed by atoms with E-state index in [0.29, 0.717) is 16.9 Å². The second-order valence-electron chi connectivity index (χ2n) is 3.81. The smallest absolute Gasteiger partial charge is 0.348 e. The maximum absolute atomic E-state index is 11.2. The van der Waals surface area contributed by atoms with Gasteiger partial charge in [-0.2, -0.15) is 0 Å². The van der Waals surface area contributed by atoms with Gasteiger partial charge in [0.15, 0.2) is 5.13 Å². The molecule has 6 nitrogen and oxygen atoms in total. The van der Waals surface area contributed by atoms with Gasteiger partial charge in [-0.1, -0.05) is 23.5 Å². The van der Waals surface area contributed by atoms with E-state index in [1.54, 1.807) is 24.3 Å². The lowest BCUT2D eigenvalue weighted by atomic mass is 10.1. The van der Waals surface area contributed by atoms with E-state index in [0.717, 1.165) is 11.3 Å². The Kier molecular flexibility index (Phi) is 3.48. The molecule has 0 aliphatic rings. The molecule has 0 atom stereocenters. The van der Waals surface area contributed by atoms with Crippen LogP contribution in [0.1, 0.15) is 16.6 Å². The van der Waals surface area contributed by atoms with E-state index in [2.05, 4.69) is 10.3 Å². The van der Waals surface area contributed by atoms with E-state index in [9.17, 15) is 14.7 Å². The number of carboxylic acids is 1. The molecule has 0 aliphatic heterocycles. The monoisotopic (exact) mass is 277 g/mol. The van der Waals surface area contributed by atoms with Gasteiger partial charge in [0.25, 0.3) is 0 Å². The number of hydrogen-bond donors (Lipinski definition) is 3. The number of rotatable bonds is 3. The lowest BCUT2D eigenvalue weighted by molar-refractivity contribution is -0.114. The molecule has 1 aromatic carbocycles. The number of carbonyl (C=O) groups excluding carboxylic acids is 1. The molecule has 2 aromatic rings. The number of nitrogen functional groups attached to an aromatic ring is 1. The topological polar surface area (TPSA) is 105 Å². The molecule has 2 rings (SSSR count). The number of thiazole rings is 1. The van der Waals surface area contributed by atoms with Crippen LogP contribution < -0.4 is 11.1 Å². The molecule has 1 heterocycles. The summed E-state index contributed by atoms with van der Waals surface area (Å²) in [5.41, 5.74) is 7.09. The van der Waals surface area contributed by atoms with Crippen molar-refractivity contribution in [1.29, 1.82) is 0 Å². The van der Waals surface area contributed by atoms with Crippen molar-refractivity contribution in [2.24, 2.45) is 0 Å². The van der Waals surface area contributed by atoms with Crippen molar-refractivity contribution in [1.82, 2.24) is 4.98 Å². The van der Waals surface area contributed by atoms with E-state index in [1.165, 1.54) is 6.92 Å². The Morgan fingerprint density at radius 2 is 2.16 bits per heavy atom. The molecule has 0 aliphatic carbocycles. The van der Waals surface area contributed by atoms with Crippen LogP contribution in [0.3, 0.4) is 0 Å². The molecule has 19 heavy (non-hydrogen) atoms. The summed E-state index contributed by atoms with van der Waals surface area (Å²) in [6.45, 7) is 1.34. The molecule has 4 N–H and O–H groups in total. The summed E-state index contributed by atoms with van der Waals surface area (Å²) in [4.78, 5) is 26.4. The highest BCUT2D eigenvalue weighted by atomic mass is 32.1. The minimum absolute atomic E-state index is 0.0642. The summed E-state index contributed by atoms with van der Waals surface area (Å²) in [6.07, 6.45) is 0. The summed E-state index contributed by atoms with van der Waals surface area (Å²) in [5, 5.41) is 11.9. The number of carbonyl (C=O) groups is 2. The first-order valence-corrected chi connectivity index (χ1v) is 6.16. The molecule has 0 spiro atoms. The molecular formula is C12H11N3O3S. The Hall–Kier alpha value is -2.41. The zero-order valence-electron chi connectivity index (χ0n) is 10.0. The minimum atomic E-state index is -1.09. The summed E-state index contributed by atoms with van der Waals surface area (Å²) < 4.78 is 0. The number of nitrogens with zero attached hydrogens (tertiary/aromatic N) is 1. The summed E-state index contributed by atoms with van der Waals surface area (Å²) in [5.74, 6) is -1.39. The molecule has 7 heteroatoms. The van der Waals surface area contributed by atoms with Crippen molar-refractivity contribution in [3.05, 3.63) is 29.1 Å². The Morgan fingerprint density at radius 3 is 2.74 bits per heavy atom. The summed E-state index contributed by atoms with van der Waals surface area (Å²) >= 11 is 0.913. The van der Waals surface area contributed by atoms with E-state index in [-0.39, 0.29) is 15.9 Å². The average molecular weight is 277 g/mol. The maximum Gasteiger partial charge on any atom is 0.348 e. The van der Waals surface area contributed by atoms with Crippen molar-refractivity contribution >= 4 is 34.0 Å². The first-order valence-electron chi connectivity index (χ1n) is 5.35. The van der Waals surface area contributed by atoms with Gasteiger partial charge >= 0.3 is 5.97 Å². The quantitative estimate of drug-likeness (QED) is 0.744. The van der Waals surface area contributed by atoms with Gasteiger partial charge in [-0.3, -0.25) is 4.79 Å². The van der Waals surface area contributed by atoms with Crippen molar-refractivity contribution in [3.8, 4) is 11.3 Å². The van der Waals surface area contributed by atoms with Crippen LogP contribution >= 0.6 is 11.3 Å². The maximum atomic E-state index is 11.2. The fourth-order valence-corrected chi connectivity index (χ4v) is 2.42. The third-order valence-corrected chi connectivity index (χ3v) is 3.22. The van der Waals surface area contributed by atoms with Gasteiger partial charge in [0.1, 0.15) is 4.88 Å². The van der Waals surface area contributed by atoms with Crippen LogP contribution in [0, 0.1) is 0 Å². The van der Waals surface area contributed by atoms with E-state index < -0.39 is 5.97 Å². The van der Waals surface area contributed by atoms with Crippen molar-refractivity contribution < 1.29 is 14.7 Å². The highest BCUT2D eigenvalue weighted by Gasteiger charge is 2.19. The average Bonchev–Trinajstić information content (AvgIpc) is 2.72. The predicted octanol–water partition coefficient (Wildman–Crippen LogP) is 2.05. The number of nitrogens with two attached hydrogens (primary N) is 1. The lowest BCUT2D eigenvalue weighted by Gasteiger charge is -2.00. The zero-order chi connectivity index (χ0) is 14.0. The molecule has 0 bridgehead atoms. The number of carboxylic acid groups (broad SMARTS) is 1. The van der Waals surface area contributed by atoms with Gasteiger partial charge in [0, 0.05) is 18.2 Å². The normalized spacial score (nSPS) is 10.2. The zero-order valence-corrected chi connectivity index (χ0v) is 10.8. The van der Waals surface area contributed by atoms with Crippen LogP contribution in [0.25, 0.3) is 11.3 Å². The summed E-state index contributed by atoms with van der Waals surface area (Å²) in [6, 6.07) is 6.77. The largest absolute Gasteiger partial charge is 0.477 e. The molecule has 0 saturated carbocycles. The Bertz CT molecular complexity index is 651. The molecule has 0 fully saturated rings. The van der Waals surface area contributed by atoms with Crippen molar-refractivity contribution in [2.45, 2.75) is 6.92 Å². The second kappa shape index (κ2) is 5.07. The van der Waals surface area contributed by atoms with Gasteiger partial charge in [-0.15, -0.1) is 0 Å². The molecule has 0 radical (unpaired) electrons. The van der Waals surface area contributed by atoms with Gasteiger partial charge < -0.3 is 16.2 Å². The van der Waals surface area contributed by atoms with Crippen molar-refractivity contribution in [3.63, 3.8) is 0 Å². The number of amides is 1. The first-order chi connectivity index (χ1) is 8.97. The van der Waals surface area contributed by atoms with Crippen LogP contribution in [-0.4, -0.2) is 22.0 Å². The fourth-order valence-electron chi connectivity index (χ4n) is 1.55. The predicted molar refractivity (Wildman–Crippen MR) is 73.2 cm³/mol. The number of hydrogen-bond acceptors (Lipinski definition) is 5. The minimum Gasteiger partial charge on any atom is -0.477 e. The fraction of sp³-hybridized carbons (Fsp3) is 0.0833. The van der Waals surface area contributed by atoms with Crippen LogP contribution in [0.4, 0.5) is 10.8 Å².